The molecule has 3 rings (SSSR count). The number of thioether (sulfide) groups is 1. The molecule has 8 heteroatoms. The van der Waals surface area contributed by atoms with Crippen LogP contribution < -0.4 is 0 Å². The quantitative estimate of drug-likeness (QED) is 0.660. The van der Waals surface area contributed by atoms with Crippen LogP contribution in [0.3, 0.4) is 0 Å². The molecule has 0 bridgehead atoms. The maximum atomic E-state index is 12.1. The Kier molecular flexibility index (Phi) is 4.00. The van der Waals surface area contributed by atoms with Crippen molar-refractivity contribution in [3.63, 3.8) is 0 Å². The number of nitrogens with zero attached hydrogens (tertiary/aromatic N) is 3. The molecule has 0 spiro atoms. The van der Waals surface area contributed by atoms with E-state index in [1.807, 2.05) is 0 Å². The number of rotatable bonds is 5. The molecule has 0 fully saturated rings. The van der Waals surface area contributed by atoms with Gasteiger partial charge in [-0.3, -0.25) is 14.5 Å². The van der Waals surface area contributed by atoms with Gasteiger partial charge in [-0.1, -0.05) is 35.2 Å². The van der Waals surface area contributed by atoms with Crippen molar-refractivity contribution in [2.24, 2.45) is 0 Å². The fourth-order valence-electron chi connectivity index (χ4n) is 2.06. The van der Waals surface area contributed by atoms with Gasteiger partial charge in [-0.2, -0.15) is 0 Å². The second kappa shape index (κ2) is 5.92. The molecule has 21 heavy (non-hydrogen) atoms. The minimum Gasteiger partial charge on any atom is -0.390 e. The van der Waals surface area contributed by atoms with E-state index in [9.17, 15) is 14.7 Å². The van der Waals surface area contributed by atoms with Crippen LogP contribution in [0.4, 0.5) is 0 Å². The molecule has 108 valence electrons. The summed E-state index contributed by atoms with van der Waals surface area (Å²) in [4.78, 5) is 25.4. The van der Waals surface area contributed by atoms with Crippen LogP contribution >= 0.6 is 23.1 Å². The molecule has 1 aromatic heterocycles. The van der Waals surface area contributed by atoms with Crippen LogP contribution in [0.25, 0.3) is 0 Å². The van der Waals surface area contributed by atoms with Gasteiger partial charge in [-0.25, -0.2) is 0 Å². The van der Waals surface area contributed by atoms with Crippen LogP contribution in [0.1, 0.15) is 20.7 Å². The number of β-amino-alcohol motifs (C(OH)–C–C–N with tert-alkyl or cyclic N) is 1. The number of carbonyl (C=O) groups is 2. The molecule has 0 saturated heterocycles. The SMILES string of the molecule is O=C1c2ccccc2C(=O)N1C[C@H](O)CSc1nncs1. The molecule has 0 unspecified atom stereocenters. The molecule has 1 aromatic carbocycles. The van der Waals surface area contributed by atoms with Gasteiger partial charge in [0.15, 0.2) is 4.34 Å². The number of hydrogen-bond acceptors (Lipinski definition) is 7. The Balaban J connectivity index is 1.63. The van der Waals surface area contributed by atoms with E-state index in [0.29, 0.717) is 16.9 Å². The van der Waals surface area contributed by atoms with Crippen LogP contribution in [0.15, 0.2) is 34.1 Å². The number of aliphatic hydroxyl groups excluding tert-OH is 1. The van der Waals surface area contributed by atoms with Crippen molar-refractivity contribution in [1.29, 1.82) is 0 Å². The van der Waals surface area contributed by atoms with Crippen LogP contribution in [-0.4, -0.2) is 50.4 Å². The van der Waals surface area contributed by atoms with Crippen molar-refractivity contribution in [3.8, 4) is 0 Å². The first-order chi connectivity index (χ1) is 10.2. The number of fused-ring (bicyclic) bond motifs is 1. The van der Waals surface area contributed by atoms with Gasteiger partial charge < -0.3 is 5.11 Å². The van der Waals surface area contributed by atoms with Crippen LogP contribution in [-0.2, 0) is 0 Å². The van der Waals surface area contributed by atoms with E-state index >= 15 is 0 Å². The number of aliphatic hydroxyl groups is 1. The highest BCUT2D eigenvalue weighted by atomic mass is 32.2. The highest BCUT2D eigenvalue weighted by Crippen LogP contribution is 2.24. The molecular formula is C13H11N3O3S2. The zero-order chi connectivity index (χ0) is 14.8. The van der Waals surface area contributed by atoms with E-state index in [4.69, 9.17) is 0 Å². The van der Waals surface area contributed by atoms with Gasteiger partial charge in [0.1, 0.15) is 5.51 Å². The third kappa shape index (κ3) is 2.82. The van der Waals surface area contributed by atoms with Gasteiger partial charge in [0.25, 0.3) is 11.8 Å². The monoisotopic (exact) mass is 321 g/mol. The number of imide groups is 1. The van der Waals surface area contributed by atoms with Crippen molar-refractivity contribution in [2.75, 3.05) is 12.3 Å². The molecule has 1 aliphatic heterocycles. The minimum absolute atomic E-state index is 0.0157. The molecule has 1 atom stereocenters. The summed E-state index contributed by atoms with van der Waals surface area (Å²) in [5, 5.41) is 17.6. The summed E-state index contributed by atoms with van der Waals surface area (Å²) >= 11 is 2.73. The summed E-state index contributed by atoms with van der Waals surface area (Å²) in [6, 6.07) is 6.68. The lowest BCUT2D eigenvalue weighted by Gasteiger charge is -2.17. The number of hydrogen-bond donors (Lipinski definition) is 1. The Morgan fingerprint density at radius 3 is 2.48 bits per heavy atom. The summed E-state index contributed by atoms with van der Waals surface area (Å²) in [7, 11) is 0. The molecule has 2 amide bonds. The summed E-state index contributed by atoms with van der Waals surface area (Å²) in [6.07, 6.45) is -0.805. The lowest BCUT2D eigenvalue weighted by molar-refractivity contribution is 0.0567. The summed E-state index contributed by atoms with van der Waals surface area (Å²) in [5.41, 5.74) is 2.40. The van der Waals surface area contributed by atoms with Crippen molar-refractivity contribution >= 4 is 34.9 Å². The van der Waals surface area contributed by atoms with E-state index in [-0.39, 0.29) is 18.4 Å². The second-order valence-corrected chi connectivity index (χ2v) is 6.54. The van der Waals surface area contributed by atoms with Crippen LogP contribution in [0.2, 0.25) is 0 Å². The van der Waals surface area contributed by atoms with Crippen LogP contribution in [0, 0.1) is 0 Å². The number of benzene rings is 1. The van der Waals surface area contributed by atoms with E-state index in [0.717, 1.165) is 9.24 Å². The van der Waals surface area contributed by atoms with E-state index in [1.165, 1.54) is 23.1 Å². The van der Waals surface area contributed by atoms with Crippen molar-refractivity contribution in [2.45, 2.75) is 10.4 Å². The predicted octanol–water partition coefficient (Wildman–Crippen LogP) is 1.29. The van der Waals surface area contributed by atoms with Gasteiger partial charge in [0.05, 0.1) is 23.8 Å². The molecule has 0 radical (unpaired) electrons. The Morgan fingerprint density at radius 2 is 1.90 bits per heavy atom. The Hall–Kier alpha value is -1.77. The Bertz CT molecular complexity index is 640. The molecule has 0 aliphatic carbocycles. The first-order valence-electron chi connectivity index (χ1n) is 6.19. The third-order valence-corrected chi connectivity index (χ3v) is 5.02. The fraction of sp³-hybridized carbons (Fsp3) is 0.231. The molecule has 1 N–H and O–H groups in total. The normalized spacial score (nSPS) is 15.4. The van der Waals surface area contributed by atoms with Crippen molar-refractivity contribution in [1.82, 2.24) is 15.1 Å². The molecule has 1 aliphatic rings. The van der Waals surface area contributed by atoms with Gasteiger partial charge >= 0.3 is 0 Å². The molecule has 2 aromatic rings. The number of amides is 2. The highest BCUT2D eigenvalue weighted by Gasteiger charge is 2.36. The maximum Gasteiger partial charge on any atom is 0.261 e. The number of carbonyl (C=O) groups excluding carboxylic acids is 2. The first kappa shape index (κ1) is 14.2. The zero-order valence-electron chi connectivity index (χ0n) is 10.8. The molecule has 0 saturated carbocycles. The highest BCUT2D eigenvalue weighted by molar-refractivity contribution is 8.01. The third-order valence-electron chi connectivity index (χ3n) is 3.01. The fourth-order valence-corrected chi connectivity index (χ4v) is 3.49. The van der Waals surface area contributed by atoms with E-state index < -0.39 is 6.10 Å². The lowest BCUT2D eigenvalue weighted by atomic mass is 10.1. The predicted molar refractivity (Wildman–Crippen MR) is 78.4 cm³/mol. The van der Waals surface area contributed by atoms with Gasteiger partial charge in [-0.05, 0) is 12.1 Å². The van der Waals surface area contributed by atoms with Crippen molar-refractivity contribution < 1.29 is 14.7 Å². The molecular weight excluding hydrogens is 310 g/mol. The maximum absolute atomic E-state index is 12.1. The average molecular weight is 321 g/mol. The zero-order valence-corrected chi connectivity index (χ0v) is 12.4. The van der Waals surface area contributed by atoms with Gasteiger partial charge in [0, 0.05) is 5.75 Å². The Morgan fingerprint density at radius 1 is 1.24 bits per heavy atom. The smallest absolute Gasteiger partial charge is 0.261 e. The van der Waals surface area contributed by atoms with Crippen LogP contribution in [0.5, 0.6) is 0 Å². The van der Waals surface area contributed by atoms with Gasteiger partial charge in [0.2, 0.25) is 0 Å². The minimum atomic E-state index is -0.805. The summed E-state index contributed by atoms with van der Waals surface area (Å²) < 4.78 is 0.747. The van der Waals surface area contributed by atoms with Crippen molar-refractivity contribution in [3.05, 3.63) is 40.9 Å². The van der Waals surface area contributed by atoms with E-state index in [2.05, 4.69) is 10.2 Å². The standard InChI is InChI=1S/C13H11N3O3S2/c17-8(6-20-13-15-14-7-21-13)5-16-11(18)9-3-1-2-4-10(9)12(16)19/h1-4,7-8,17H,5-6H2/t8-/m0/s1. The largest absolute Gasteiger partial charge is 0.390 e. The summed E-state index contributed by atoms with van der Waals surface area (Å²) in [6.45, 7) is -0.0157. The second-order valence-electron chi connectivity index (χ2n) is 4.44. The van der Waals surface area contributed by atoms with Gasteiger partial charge in [-0.15, -0.1) is 10.2 Å². The topological polar surface area (TPSA) is 83.4 Å². The van der Waals surface area contributed by atoms with E-state index in [1.54, 1.807) is 29.8 Å². The summed E-state index contributed by atoms with van der Waals surface area (Å²) in [5.74, 6) is -0.353. The average Bonchev–Trinajstić information content (AvgIpc) is 3.09. The lowest BCUT2D eigenvalue weighted by Crippen LogP contribution is -2.37. The Labute approximate surface area is 128 Å². The molecule has 2 heterocycles. The first-order valence-corrected chi connectivity index (χ1v) is 8.05. The molecule has 6 nitrogen and oxygen atoms in total. The number of aromatic nitrogens is 2.